The van der Waals surface area contributed by atoms with Crippen molar-refractivity contribution in [2.45, 2.75) is 12.5 Å². The lowest BCUT2D eigenvalue weighted by molar-refractivity contribution is -0.118. The van der Waals surface area contributed by atoms with Gasteiger partial charge in [0, 0.05) is 12.0 Å². The number of benzene rings is 3. The van der Waals surface area contributed by atoms with Crippen molar-refractivity contribution in [1.29, 1.82) is 0 Å². The Morgan fingerprint density at radius 2 is 1.65 bits per heavy atom. The molecule has 0 saturated carbocycles. The lowest BCUT2D eigenvalue weighted by Crippen LogP contribution is -2.31. The fourth-order valence-electron chi connectivity index (χ4n) is 3.35. The van der Waals surface area contributed by atoms with Crippen molar-refractivity contribution >= 4 is 16.7 Å². The zero-order valence-corrected chi connectivity index (χ0v) is 14.5. The second-order valence-corrected chi connectivity index (χ2v) is 6.48. The minimum atomic E-state index is -0.183. The van der Waals surface area contributed by atoms with Gasteiger partial charge in [-0.1, -0.05) is 72.8 Å². The summed E-state index contributed by atoms with van der Waals surface area (Å²) in [5.74, 6) is -0.0182. The Morgan fingerprint density at radius 1 is 0.885 bits per heavy atom. The van der Waals surface area contributed by atoms with Crippen molar-refractivity contribution in [1.82, 2.24) is 5.32 Å². The van der Waals surface area contributed by atoms with Gasteiger partial charge in [0.2, 0.25) is 5.91 Å². The molecule has 0 saturated heterocycles. The Labute approximate surface area is 153 Å². The van der Waals surface area contributed by atoms with E-state index in [-0.39, 0.29) is 11.9 Å². The monoisotopic (exact) mass is 343 g/mol. The van der Waals surface area contributed by atoms with Crippen LogP contribution in [0.25, 0.3) is 10.8 Å². The molecule has 1 aliphatic heterocycles. The average molecular weight is 343 g/mol. The van der Waals surface area contributed by atoms with Crippen LogP contribution < -0.4 is 5.32 Å². The third kappa shape index (κ3) is 3.53. The first-order valence-electron chi connectivity index (χ1n) is 8.92. The normalized spacial score (nSPS) is 15.3. The van der Waals surface area contributed by atoms with E-state index in [0.29, 0.717) is 19.6 Å². The quantitative estimate of drug-likeness (QED) is 0.763. The third-order valence-corrected chi connectivity index (χ3v) is 4.77. The van der Waals surface area contributed by atoms with Gasteiger partial charge in [0.05, 0.1) is 19.3 Å². The summed E-state index contributed by atoms with van der Waals surface area (Å²) < 4.78 is 5.32. The summed E-state index contributed by atoms with van der Waals surface area (Å²) in [5.41, 5.74) is 2.96. The summed E-state index contributed by atoms with van der Waals surface area (Å²) in [7, 11) is 0. The number of hydrogen-bond donors (Lipinski definition) is 1. The number of carbonyl (C=O) groups is 1. The fourth-order valence-corrected chi connectivity index (χ4v) is 3.35. The molecule has 0 bridgehead atoms. The van der Waals surface area contributed by atoms with Crippen LogP contribution in [0.5, 0.6) is 0 Å². The van der Waals surface area contributed by atoms with Gasteiger partial charge < -0.3 is 10.1 Å². The minimum absolute atomic E-state index is 0.0182. The van der Waals surface area contributed by atoms with Crippen molar-refractivity contribution in [2.24, 2.45) is 0 Å². The molecule has 3 heteroatoms. The minimum Gasteiger partial charge on any atom is -0.377 e. The number of fused-ring (bicyclic) bond motifs is 1. The Kier molecular flexibility index (Phi) is 4.80. The van der Waals surface area contributed by atoms with E-state index in [1.165, 1.54) is 10.8 Å². The van der Waals surface area contributed by atoms with Gasteiger partial charge in [0.1, 0.15) is 0 Å². The Hall–Kier alpha value is -2.91. The topological polar surface area (TPSA) is 38.3 Å². The van der Waals surface area contributed by atoms with Gasteiger partial charge in [0.25, 0.3) is 0 Å². The molecule has 130 valence electrons. The Bertz CT molecular complexity index is 947. The first kappa shape index (κ1) is 16.6. The zero-order valence-electron chi connectivity index (χ0n) is 14.5. The van der Waals surface area contributed by atoms with Crippen LogP contribution in [0, 0.1) is 0 Å². The molecule has 1 heterocycles. The molecule has 4 rings (SSSR count). The lowest BCUT2D eigenvalue weighted by atomic mass is 9.95. The number of amides is 1. The molecule has 1 unspecified atom stereocenters. The summed E-state index contributed by atoms with van der Waals surface area (Å²) in [5, 5.41) is 5.59. The van der Waals surface area contributed by atoms with E-state index < -0.39 is 0 Å². The first-order chi connectivity index (χ1) is 12.8. The number of rotatable bonds is 4. The maximum absolute atomic E-state index is 12.8. The van der Waals surface area contributed by atoms with E-state index in [2.05, 4.69) is 47.8 Å². The van der Waals surface area contributed by atoms with E-state index in [1.54, 1.807) is 0 Å². The fraction of sp³-hybridized carbons (Fsp3) is 0.174. The lowest BCUT2D eigenvalue weighted by Gasteiger charge is -2.22. The van der Waals surface area contributed by atoms with Crippen LogP contribution in [-0.4, -0.2) is 19.1 Å². The molecule has 3 aromatic carbocycles. The van der Waals surface area contributed by atoms with E-state index in [9.17, 15) is 4.79 Å². The summed E-state index contributed by atoms with van der Waals surface area (Å²) in [6, 6.07) is 24.6. The van der Waals surface area contributed by atoms with Crippen LogP contribution in [0.3, 0.4) is 0 Å². The molecule has 1 aliphatic rings. The molecule has 0 fully saturated rings. The van der Waals surface area contributed by atoms with Crippen molar-refractivity contribution in [3.8, 4) is 0 Å². The van der Waals surface area contributed by atoms with Crippen LogP contribution in [0.15, 0.2) is 84.4 Å². The number of ether oxygens (including phenoxy) is 1. The molecule has 1 N–H and O–H groups in total. The molecular formula is C23H21NO2. The van der Waals surface area contributed by atoms with Crippen LogP contribution in [-0.2, 0) is 9.53 Å². The van der Waals surface area contributed by atoms with Crippen LogP contribution >= 0.6 is 0 Å². The number of nitrogens with one attached hydrogen (secondary N) is 1. The Morgan fingerprint density at radius 3 is 2.42 bits per heavy atom. The average Bonchev–Trinajstić information content (AvgIpc) is 2.73. The maximum Gasteiger partial charge on any atom is 0.247 e. The van der Waals surface area contributed by atoms with E-state index in [0.717, 1.165) is 16.7 Å². The SMILES string of the molecule is O=C(NC(c1ccccc1)c1ccc2ccccc2c1)C1=CCOCC1. The molecule has 0 aromatic heterocycles. The molecule has 3 nitrogen and oxygen atoms in total. The largest absolute Gasteiger partial charge is 0.377 e. The summed E-state index contributed by atoms with van der Waals surface area (Å²) in [6.45, 7) is 1.11. The number of hydrogen-bond acceptors (Lipinski definition) is 2. The maximum atomic E-state index is 12.8. The third-order valence-electron chi connectivity index (χ3n) is 4.77. The van der Waals surface area contributed by atoms with Crippen LogP contribution in [0.1, 0.15) is 23.6 Å². The first-order valence-corrected chi connectivity index (χ1v) is 8.92. The van der Waals surface area contributed by atoms with Crippen molar-refractivity contribution < 1.29 is 9.53 Å². The van der Waals surface area contributed by atoms with Crippen molar-refractivity contribution in [2.75, 3.05) is 13.2 Å². The van der Waals surface area contributed by atoms with Gasteiger partial charge >= 0.3 is 0 Å². The second kappa shape index (κ2) is 7.54. The smallest absolute Gasteiger partial charge is 0.247 e. The van der Waals surface area contributed by atoms with Gasteiger partial charge in [-0.2, -0.15) is 0 Å². The van der Waals surface area contributed by atoms with Crippen LogP contribution in [0.2, 0.25) is 0 Å². The summed E-state index contributed by atoms with van der Waals surface area (Å²) in [6.07, 6.45) is 2.53. The molecule has 0 spiro atoms. The molecule has 0 aliphatic carbocycles. The number of carbonyl (C=O) groups excluding carboxylic acids is 1. The predicted molar refractivity (Wildman–Crippen MR) is 104 cm³/mol. The highest BCUT2D eigenvalue weighted by molar-refractivity contribution is 5.94. The zero-order chi connectivity index (χ0) is 17.8. The van der Waals surface area contributed by atoms with Crippen molar-refractivity contribution in [3.05, 3.63) is 95.6 Å². The molecule has 0 radical (unpaired) electrons. The van der Waals surface area contributed by atoms with Gasteiger partial charge in [-0.3, -0.25) is 4.79 Å². The van der Waals surface area contributed by atoms with E-state index in [1.807, 2.05) is 36.4 Å². The highest BCUT2D eigenvalue weighted by Crippen LogP contribution is 2.26. The highest BCUT2D eigenvalue weighted by Gasteiger charge is 2.20. The van der Waals surface area contributed by atoms with Gasteiger partial charge in [-0.15, -0.1) is 0 Å². The summed E-state index contributed by atoms with van der Waals surface area (Å²) in [4.78, 5) is 12.8. The van der Waals surface area contributed by atoms with Gasteiger partial charge in [0.15, 0.2) is 0 Å². The summed E-state index contributed by atoms with van der Waals surface area (Å²) >= 11 is 0. The highest BCUT2D eigenvalue weighted by atomic mass is 16.5. The molecule has 1 atom stereocenters. The second-order valence-electron chi connectivity index (χ2n) is 6.48. The van der Waals surface area contributed by atoms with E-state index >= 15 is 0 Å². The van der Waals surface area contributed by atoms with Gasteiger partial charge in [-0.25, -0.2) is 0 Å². The van der Waals surface area contributed by atoms with Crippen LogP contribution in [0.4, 0.5) is 0 Å². The molecule has 1 amide bonds. The molecular weight excluding hydrogens is 322 g/mol. The predicted octanol–water partition coefficient (Wildman–Crippen LogP) is 4.39. The molecule has 3 aromatic rings. The Balaban J connectivity index is 1.70. The standard InChI is InChI=1S/C23H21NO2/c25-23(19-12-14-26-15-13-19)24-22(18-7-2-1-3-8-18)21-11-10-17-6-4-5-9-20(17)16-21/h1-12,16,22H,13-15H2,(H,24,25). The molecule has 26 heavy (non-hydrogen) atoms. The van der Waals surface area contributed by atoms with Crippen molar-refractivity contribution in [3.63, 3.8) is 0 Å². The van der Waals surface area contributed by atoms with Gasteiger partial charge in [-0.05, 0) is 28.0 Å². The van der Waals surface area contributed by atoms with E-state index in [4.69, 9.17) is 4.74 Å².